The Kier molecular flexibility index (Phi) is 5.75. The summed E-state index contributed by atoms with van der Waals surface area (Å²) in [6, 6.07) is 16.7. The Balaban J connectivity index is 2.28. The van der Waals surface area contributed by atoms with Crippen LogP contribution in [0, 0.1) is 18.3 Å². The highest BCUT2D eigenvalue weighted by Gasteiger charge is 2.12. The van der Waals surface area contributed by atoms with E-state index in [1.165, 1.54) is 0 Å². The third-order valence-corrected chi connectivity index (χ3v) is 3.34. The van der Waals surface area contributed by atoms with Gasteiger partial charge >= 0.3 is 0 Å². The zero-order valence-corrected chi connectivity index (χ0v) is 14.0. The predicted molar refractivity (Wildman–Crippen MR) is 95.6 cm³/mol. The first-order chi connectivity index (χ1) is 11.5. The number of nitriles is 1. The van der Waals surface area contributed by atoms with Crippen LogP contribution in [-0.2, 0) is 4.79 Å². The number of carbonyl (C=O) groups is 1. The Morgan fingerprint density at radius 1 is 1.17 bits per heavy atom. The standard InChI is InChI=1S/C20H20N2O2/c1-14(2)24-19-11-7-5-9-16(19)12-17(13-21)20(23)22-18-10-6-4-8-15(18)3/h4-12,14H,1-3H3,(H,22,23)/b17-12+. The van der Waals surface area contributed by atoms with Gasteiger partial charge in [0.25, 0.3) is 5.91 Å². The summed E-state index contributed by atoms with van der Waals surface area (Å²) in [6.07, 6.45) is 1.55. The van der Waals surface area contributed by atoms with E-state index in [1.807, 2.05) is 69.3 Å². The first kappa shape index (κ1) is 17.3. The number of ether oxygens (including phenoxy) is 1. The number of benzene rings is 2. The minimum absolute atomic E-state index is 0.00544. The van der Waals surface area contributed by atoms with E-state index in [2.05, 4.69) is 5.32 Å². The second kappa shape index (κ2) is 7.98. The van der Waals surface area contributed by atoms with Crippen molar-refractivity contribution in [1.82, 2.24) is 0 Å². The average molecular weight is 320 g/mol. The first-order valence-electron chi connectivity index (χ1n) is 7.75. The number of amides is 1. The van der Waals surface area contributed by atoms with Crippen molar-refractivity contribution < 1.29 is 9.53 Å². The molecule has 0 atom stereocenters. The van der Waals surface area contributed by atoms with Gasteiger partial charge in [0.1, 0.15) is 17.4 Å². The normalized spacial score (nSPS) is 11.0. The maximum atomic E-state index is 12.4. The van der Waals surface area contributed by atoms with Crippen LogP contribution in [0.25, 0.3) is 6.08 Å². The zero-order valence-electron chi connectivity index (χ0n) is 14.0. The van der Waals surface area contributed by atoms with Crippen molar-refractivity contribution in [2.75, 3.05) is 5.32 Å². The average Bonchev–Trinajstić information content (AvgIpc) is 2.55. The van der Waals surface area contributed by atoms with Crippen LogP contribution in [0.3, 0.4) is 0 Å². The van der Waals surface area contributed by atoms with E-state index in [-0.39, 0.29) is 11.7 Å². The molecule has 0 fully saturated rings. The SMILES string of the molecule is Cc1ccccc1NC(=O)/C(C#N)=C/c1ccccc1OC(C)C. The largest absolute Gasteiger partial charge is 0.490 e. The highest BCUT2D eigenvalue weighted by Crippen LogP contribution is 2.23. The van der Waals surface area contributed by atoms with Crippen molar-refractivity contribution in [2.45, 2.75) is 26.9 Å². The molecule has 0 unspecified atom stereocenters. The van der Waals surface area contributed by atoms with Gasteiger partial charge in [-0.2, -0.15) is 5.26 Å². The third kappa shape index (κ3) is 4.47. The van der Waals surface area contributed by atoms with Gasteiger partial charge in [0.15, 0.2) is 0 Å². The zero-order chi connectivity index (χ0) is 17.5. The second-order valence-electron chi connectivity index (χ2n) is 5.64. The molecule has 4 nitrogen and oxygen atoms in total. The van der Waals surface area contributed by atoms with Gasteiger partial charge in [0.05, 0.1) is 6.10 Å². The minimum atomic E-state index is -0.439. The number of nitrogens with zero attached hydrogens (tertiary/aromatic N) is 1. The monoisotopic (exact) mass is 320 g/mol. The predicted octanol–water partition coefficient (Wildman–Crippen LogP) is 4.33. The fraction of sp³-hybridized carbons (Fsp3) is 0.200. The number of hydrogen-bond donors (Lipinski definition) is 1. The lowest BCUT2D eigenvalue weighted by Crippen LogP contribution is -2.14. The number of anilines is 1. The Morgan fingerprint density at radius 3 is 2.50 bits per heavy atom. The molecule has 0 aliphatic carbocycles. The Labute approximate surface area is 142 Å². The molecule has 0 saturated heterocycles. The van der Waals surface area contributed by atoms with E-state index >= 15 is 0 Å². The molecule has 1 amide bonds. The highest BCUT2D eigenvalue weighted by molar-refractivity contribution is 6.10. The Bertz CT molecular complexity index is 801. The van der Waals surface area contributed by atoms with Crippen LogP contribution in [0.5, 0.6) is 5.75 Å². The molecule has 0 heterocycles. The number of nitrogens with one attached hydrogen (secondary N) is 1. The van der Waals surface area contributed by atoms with E-state index in [0.29, 0.717) is 17.0 Å². The Morgan fingerprint density at radius 2 is 1.83 bits per heavy atom. The number of hydrogen-bond acceptors (Lipinski definition) is 3. The maximum Gasteiger partial charge on any atom is 0.266 e. The minimum Gasteiger partial charge on any atom is -0.490 e. The van der Waals surface area contributed by atoms with Gasteiger partial charge in [-0.3, -0.25) is 4.79 Å². The van der Waals surface area contributed by atoms with Crippen molar-refractivity contribution in [3.8, 4) is 11.8 Å². The smallest absolute Gasteiger partial charge is 0.266 e. The first-order valence-corrected chi connectivity index (χ1v) is 7.75. The maximum absolute atomic E-state index is 12.4. The summed E-state index contributed by atoms with van der Waals surface area (Å²) < 4.78 is 5.72. The molecular weight excluding hydrogens is 300 g/mol. The quantitative estimate of drug-likeness (QED) is 0.659. The summed E-state index contributed by atoms with van der Waals surface area (Å²) in [4.78, 5) is 12.4. The summed E-state index contributed by atoms with van der Waals surface area (Å²) in [5.41, 5.74) is 2.35. The van der Waals surface area contributed by atoms with Crippen LogP contribution in [0.4, 0.5) is 5.69 Å². The van der Waals surface area contributed by atoms with Gasteiger partial charge in [-0.05, 0) is 44.5 Å². The fourth-order valence-electron chi connectivity index (χ4n) is 2.17. The number of rotatable bonds is 5. The van der Waals surface area contributed by atoms with E-state index in [4.69, 9.17) is 4.74 Å². The van der Waals surface area contributed by atoms with Crippen LogP contribution in [0.2, 0.25) is 0 Å². The topological polar surface area (TPSA) is 62.1 Å². The molecule has 2 aromatic rings. The van der Waals surface area contributed by atoms with Crippen LogP contribution in [-0.4, -0.2) is 12.0 Å². The molecule has 0 spiro atoms. The van der Waals surface area contributed by atoms with Gasteiger partial charge < -0.3 is 10.1 Å². The molecule has 122 valence electrons. The number of aryl methyl sites for hydroxylation is 1. The second-order valence-corrected chi connectivity index (χ2v) is 5.64. The van der Waals surface area contributed by atoms with Crippen molar-refractivity contribution in [3.05, 3.63) is 65.2 Å². The lowest BCUT2D eigenvalue weighted by Gasteiger charge is -2.12. The third-order valence-electron chi connectivity index (χ3n) is 3.34. The Hall–Kier alpha value is -3.06. The molecule has 1 N–H and O–H groups in total. The molecule has 0 aromatic heterocycles. The molecule has 0 saturated carbocycles. The highest BCUT2D eigenvalue weighted by atomic mass is 16.5. The molecule has 2 rings (SSSR count). The van der Waals surface area contributed by atoms with Gasteiger partial charge in [-0.25, -0.2) is 0 Å². The van der Waals surface area contributed by atoms with Gasteiger partial charge in [0.2, 0.25) is 0 Å². The molecular formula is C20H20N2O2. The molecule has 4 heteroatoms. The van der Waals surface area contributed by atoms with Crippen molar-refractivity contribution >= 4 is 17.7 Å². The molecule has 0 aliphatic heterocycles. The van der Waals surface area contributed by atoms with E-state index < -0.39 is 5.91 Å². The van der Waals surface area contributed by atoms with Crippen LogP contribution in [0.15, 0.2) is 54.1 Å². The van der Waals surface area contributed by atoms with E-state index in [1.54, 1.807) is 12.1 Å². The molecule has 24 heavy (non-hydrogen) atoms. The summed E-state index contributed by atoms with van der Waals surface area (Å²) >= 11 is 0. The number of para-hydroxylation sites is 2. The molecule has 0 bridgehead atoms. The van der Waals surface area contributed by atoms with Crippen molar-refractivity contribution in [3.63, 3.8) is 0 Å². The van der Waals surface area contributed by atoms with Gasteiger partial charge in [0, 0.05) is 11.3 Å². The van der Waals surface area contributed by atoms with Crippen LogP contribution < -0.4 is 10.1 Å². The summed E-state index contributed by atoms with van der Waals surface area (Å²) in [7, 11) is 0. The summed E-state index contributed by atoms with van der Waals surface area (Å²) in [5, 5.41) is 12.1. The van der Waals surface area contributed by atoms with Crippen LogP contribution >= 0.6 is 0 Å². The molecule has 0 aliphatic rings. The lowest BCUT2D eigenvalue weighted by molar-refractivity contribution is -0.112. The van der Waals surface area contributed by atoms with E-state index in [0.717, 1.165) is 5.56 Å². The van der Waals surface area contributed by atoms with Crippen molar-refractivity contribution in [1.29, 1.82) is 5.26 Å². The summed E-state index contributed by atoms with van der Waals surface area (Å²) in [6.45, 7) is 5.75. The summed E-state index contributed by atoms with van der Waals surface area (Å²) in [5.74, 6) is 0.204. The van der Waals surface area contributed by atoms with Gasteiger partial charge in [-0.1, -0.05) is 36.4 Å². The number of carbonyl (C=O) groups excluding carboxylic acids is 1. The van der Waals surface area contributed by atoms with Crippen LogP contribution in [0.1, 0.15) is 25.0 Å². The lowest BCUT2D eigenvalue weighted by atomic mass is 10.1. The van der Waals surface area contributed by atoms with Crippen molar-refractivity contribution in [2.24, 2.45) is 0 Å². The fourth-order valence-corrected chi connectivity index (χ4v) is 2.17. The van der Waals surface area contributed by atoms with Gasteiger partial charge in [-0.15, -0.1) is 0 Å². The molecule has 0 radical (unpaired) electrons. The van der Waals surface area contributed by atoms with E-state index in [9.17, 15) is 10.1 Å². The molecule has 2 aromatic carbocycles.